The number of carbonyl (C=O) groups is 2. The van der Waals surface area contributed by atoms with Gasteiger partial charge in [-0.15, -0.1) is 22.7 Å². The van der Waals surface area contributed by atoms with Gasteiger partial charge in [0, 0.05) is 17.2 Å². The smallest absolute Gasteiger partial charge is 0.230 e. The molecular weight excluding hydrogens is 402 g/mol. The van der Waals surface area contributed by atoms with Crippen LogP contribution in [0.1, 0.15) is 17.4 Å². The Morgan fingerprint density at radius 2 is 1.86 bits per heavy atom. The molecule has 0 aliphatic heterocycles. The number of anilines is 1. The molecule has 0 fully saturated rings. The highest BCUT2D eigenvalue weighted by atomic mass is 32.1. The molecule has 2 aromatic carbocycles. The summed E-state index contributed by atoms with van der Waals surface area (Å²) in [6.07, 6.45) is 0.305. The Balaban J connectivity index is 1.39. The number of aromatic nitrogens is 1. The zero-order valence-electron chi connectivity index (χ0n) is 15.8. The number of rotatable bonds is 6. The summed E-state index contributed by atoms with van der Waals surface area (Å²) in [5.41, 5.74) is 1.80. The normalized spacial score (nSPS) is 10.8. The topological polar surface area (TPSA) is 71.1 Å². The lowest BCUT2D eigenvalue weighted by molar-refractivity contribution is -0.119. The number of fused-ring (bicyclic) bond motifs is 1. The Labute approximate surface area is 176 Å². The average molecular weight is 422 g/mol. The van der Waals surface area contributed by atoms with E-state index in [9.17, 15) is 9.59 Å². The van der Waals surface area contributed by atoms with Crippen LogP contribution < -0.4 is 10.6 Å². The summed E-state index contributed by atoms with van der Waals surface area (Å²) in [5.74, 6) is -0.135. The van der Waals surface area contributed by atoms with E-state index in [0.29, 0.717) is 18.1 Å². The van der Waals surface area contributed by atoms with Crippen molar-refractivity contribution in [1.29, 1.82) is 0 Å². The summed E-state index contributed by atoms with van der Waals surface area (Å²) in [6.45, 7) is 2.02. The van der Waals surface area contributed by atoms with E-state index in [1.54, 1.807) is 11.3 Å². The molecule has 4 rings (SSSR count). The fourth-order valence-corrected chi connectivity index (χ4v) is 4.67. The van der Waals surface area contributed by atoms with Crippen molar-refractivity contribution in [2.75, 3.05) is 5.32 Å². The van der Waals surface area contributed by atoms with Crippen molar-refractivity contribution in [3.05, 3.63) is 70.4 Å². The van der Waals surface area contributed by atoms with Gasteiger partial charge in [-0.1, -0.05) is 42.5 Å². The molecule has 0 bridgehead atoms. The molecule has 2 aromatic heterocycles. The molecule has 29 heavy (non-hydrogen) atoms. The molecule has 0 saturated heterocycles. The summed E-state index contributed by atoms with van der Waals surface area (Å²) in [6, 6.07) is 18.1. The van der Waals surface area contributed by atoms with E-state index in [1.165, 1.54) is 18.3 Å². The lowest BCUT2D eigenvalue weighted by Crippen LogP contribution is -2.17. The molecule has 2 heterocycles. The summed E-state index contributed by atoms with van der Waals surface area (Å²) in [7, 11) is 0. The lowest BCUT2D eigenvalue weighted by Gasteiger charge is -2.04. The molecule has 146 valence electrons. The zero-order valence-corrected chi connectivity index (χ0v) is 17.4. The molecule has 2 N–H and O–H groups in total. The highest BCUT2D eigenvalue weighted by Crippen LogP contribution is 2.31. The van der Waals surface area contributed by atoms with Crippen LogP contribution >= 0.6 is 22.7 Å². The molecule has 4 aromatic rings. The Hall–Kier alpha value is -3.03. The average Bonchev–Trinajstić information content (AvgIpc) is 3.35. The number of hydrogen-bond acceptors (Lipinski definition) is 5. The molecule has 0 saturated carbocycles. The highest BCUT2D eigenvalue weighted by Gasteiger charge is 2.11. The largest absolute Gasteiger partial charge is 0.351 e. The van der Waals surface area contributed by atoms with Gasteiger partial charge in [0.05, 0.1) is 23.5 Å². The van der Waals surface area contributed by atoms with Crippen LogP contribution in [0.5, 0.6) is 0 Å². The van der Waals surface area contributed by atoms with Crippen LogP contribution in [-0.2, 0) is 22.6 Å². The summed E-state index contributed by atoms with van der Waals surface area (Å²) < 4.78 is 0. The van der Waals surface area contributed by atoms with Gasteiger partial charge >= 0.3 is 0 Å². The molecule has 2 amide bonds. The van der Waals surface area contributed by atoms with E-state index in [4.69, 9.17) is 0 Å². The zero-order chi connectivity index (χ0) is 20.2. The number of thiazole rings is 1. The summed E-state index contributed by atoms with van der Waals surface area (Å²) in [5, 5.41) is 10.5. The molecule has 0 aliphatic rings. The maximum Gasteiger partial charge on any atom is 0.230 e. The standard InChI is InChI=1S/C22H19N3O2S2/c1-14(26)23-12-18-8-9-20(29-18)19-13-28-22(24-19)25-21(27)11-15-6-7-16-4-2-3-5-17(16)10-15/h2-10,13H,11-12H2,1H3,(H,23,26)(H,24,25,27). The van der Waals surface area contributed by atoms with Gasteiger partial charge in [-0.2, -0.15) is 0 Å². The molecule has 7 heteroatoms. The summed E-state index contributed by atoms with van der Waals surface area (Å²) in [4.78, 5) is 30.1. The van der Waals surface area contributed by atoms with Crippen LogP contribution in [0.3, 0.4) is 0 Å². The predicted molar refractivity (Wildman–Crippen MR) is 119 cm³/mol. The SMILES string of the molecule is CC(=O)NCc1ccc(-c2csc(NC(=O)Cc3ccc4ccccc4c3)n2)s1. The van der Waals surface area contributed by atoms with Crippen LogP contribution in [0.25, 0.3) is 21.3 Å². The molecule has 0 aliphatic carbocycles. The second-order valence-electron chi connectivity index (χ2n) is 6.62. The second-order valence-corrected chi connectivity index (χ2v) is 8.65. The fourth-order valence-electron chi connectivity index (χ4n) is 2.96. The van der Waals surface area contributed by atoms with Crippen molar-refractivity contribution in [3.8, 4) is 10.6 Å². The van der Waals surface area contributed by atoms with Gasteiger partial charge in [-0.3, -0.25) is 9.59 Å². The molecular formula is C22H19N3O2S2. The van der Waals surface area contributed by atoms with E-state index in [1.807, 2.05) is 53.9 Å². The number of thiophene rings is 1. The van der Waals surface area contributed by atoms with Gasteiger partial charge in [0.25, 0.3) is 0 Å². The third-order valence-corrected chi connectivity index (χ3v) is 6.22. The van der Waals surface area contributed by atoms with E-state index in [2.05, 4.69) is 21.7 Å². The van der Waals surface area contributed by atoms with Crippen molar-refractivity contribution in [3.63, 3.8) is 0 Å². The minimum atomic E-state index is -0.0845. The predicted octanol–water partition coefficient (Wildman–Crippen LogP) is 4.84. The van der Waals surface area contributed by atoms with Gasteiger partial charge in [0.1, 0.15) is 0 Å². The first-order valence-corrected chi connectivity index (χ1v) is 10.8. The first-order valence-electron chi connectivity index (χ1n) is 9.13. The molecule has 0 spiro atoms. The Kier molecular flexibility index (Phi) is 5.69. The first-order chi connectivity index (χ1) is 14.1. The van der Waals surface area contributed by atoms with Gasteiger partial charge in [-0.25, -0.2) is 4.98 Å². The third kappa shape index (κ3) is 4.88. The van der Waals surface area contributed by atoms with Crippen molar-refractivity contribution < 1.29 is 9.59 Å². The van der Waals surface area contributed by atoms with Crippen molar-refractivity contribution >= 4 is 50.4 Å². The van der Waals surface area contributed by atoms with Crippen molar-refractivity contribution in [2.45, 2.75) is 19.9 Å². The van der Waals surface area contributed by atoms with Crippen LogP contribution in [0.2, 0.25) is 0 Å². The number of amides is 2. The number of nitrogens with one attached hydrogen (secondary N) is 2. The van der Waals surface area contributed by atoms with Crippen LogP contribution in [-0.4, -0.2) is 16.8 Å². The van der Waals surface area contributed by atoms with Gasteiger partial charge < -0.3 is 10.6 Å². The maximum atomic E-state index is 12.4. The number of hydrogen-bond donors (Lipinski definition) is 2. The quantitative estimate of drug-likeness (QED) is 0.468. The monoisotopic (exact) mass is 421 g/mol. The van der Waals surface area contributed by atoms with E-state index in [-0.39, 0.29) is 11.8 Å². The van der Waals surface area contributed by atoms with E-state index >= 15 is 0 Å². The van der Waals surface area contributed by atoms with Crippen LogP contribution in [0, 0.1) is 0 Å². The minimum Gasteiger partial charge on any atom is -0.351 e. The molecule has 0 atom stereocenters. The molecule has 0 unspecified atom stereocenters. The van der Waals surface area contributed by atoms with E-state index < -0.39 is 0 Å². The van der Waals surface area contributed by atoms with Crippen molar-refractivity contribution in [1.82, 2.24) is 10.3 Å². The number of carbonyl (C=O) groups excluding carboxylic acids is 2. The lowest BCUT2D eigenvalue weighted by atomic mass is 10.1. The second kappa shape index (κ2) is 8.55. The van der Waals surface area contributed by atoms with E-state index in [0.717, 1.165) is 31.8 Å². The van der Waals surface area contributed by atoms with Crippen LogP contribution in [0.4, 0.5) is 5.13 Å². The minimum absolute atomic E-state index is 0.0509. The maximum absolute atomic E-state index is 12.4. The third-order valence-electron chi connectivity index (χ3n) is 4.35. The van der Waals surface area contributed by atoms with Crippen molar-refractivity contribution in [2.24, 2.45) is 0 Å². The summed E-state index contributed by atoms with van der Waals surface area (Å²) >= 11 is 2.99. The number of nitrogens with zero attached hydrogens (tertiary/aromatic N) is 1. The fraction of sp³-hybridized carbons (Fsp3) is 0.136. The van der Waals surface area contributed by atoms with Gasteiger partial charge in [-0.05, 0) is 28.5 Å². The Morgan fingerprint density at radius 1 is 1.03 bits per heavy atom. The van der Waals surface area contributed by atoms with Crippen LogP contribution in [0.15, 0.2) is 60.0 Å². The first kappa shape index (κ1) is 19.3. The van der Waals surface area contributed by atoms with Gasteiger partial charge in [0.2, 0.25) is 11.8 Å². The Morgan fingerprint density at radius 3 is 2.69 bits per heavy atom. The highest BCUT2D eigenvalue weighted by molar-refractivity contribution is 7.17. The Bertz CT molecular complexity index is 1180. The molecule has 5 nitrogen and oxygen atoms in total. The number of benzene rings is 2. The van der Waals surface area contributed by atoms with Gasteiger partial charge in [0.15, 0.2) is 5.13 Å². The molecule has 0 radical (unpaired) electrons.